The molecule has 0 atom stereocenters. The van der Waals surface area contributed by atoms with E-state index in [1.54, 1.807) is 38.3 Å². The van der Waals surface area contributed by atoms with Crippen LogP contribution in [0.2, 0.25) is 0 Å². The van der Waals surface area contributed by atoms with E-state index in [0.717, 1.165) is 12.1 Å². The molecule has 112 valence electrons. The summed E-state index contributed by atoms with van der Waals surface area (Å²) in [6.45, 7) is 4.93. The van der Waals surface area contributed by atoms with Crippen molar-refractivity contribution in [1.82, 2.24) is 5.32 Å². The number of hydrogen-bond acceptors (Lipinski definition) is 3. The molecule has 0 spiro atoms. The van der Waals surface area contributed by atoms with E-state index in [1.165, 1.54) is 0 Å². The van der Waals surface area contributed by atoms with Gasteiger partial charge >= 0.3 is 6.03 Å². The number of nitrogens with zero attached hydrogens (tertiary/aromatic N) is 1. The van der Waals surface area contributed by atoms with E-state index < -0.39 is 0 Å². The number of anilines is 1. The SMILES string of the molecule is COc1ccc(N(C)C(=O)NCCC(C)C)cc1OC. The first kappa shape index (κ1) is 16.1. The lowest BCUT2D eigenvalue weighted by Crippen LogP contribution is -2.38. The molecule has 0 unspecified atom stereocenters. The predicted molar refractivity (Wildman–Crippen MR) is 80.8 cm³/mol. The summed E-state index contributed by atoms with van der Waals surface area (Å²) in [6, 6.07) is 5.26. The standard InChI is InChI=1S/C15H24N2O3/c1-11(2)8-9-16-15(18)17(3)12-6-7-13(19-4)14(10-12)20-5/h6-7,10-11H,8-9H2,1-5H3,(H,16,18). The molecule has 0 saturated heterocycles. The van der Waals surface area contributed by atoms with Gasteiger partial charge in [-0.15, -0.1) is 0 Å². The van der Waals surface area contributed by atoms with Crippen molar-refractivity contribution in [2.75, 3.05) is 32.7 Å². The Kier molecular flexibility index (Phi) is 6.15. The van der Waals surface area contributed by atoms with Gasteiger partial charge in [-0.05, 0) is 24.5 Å². The summed E-state index contributed by atoms with van der Waals surface area (Å²) in [7, 11) is 4.89. The molecule has 0 aromatic heterocycles. The van der Waals surface area contributed by atoms with Crippen molar-refractivity contribution in [3.8, 4) is 11.5 Å². The molecule has 0 fully saturated rings. The average Bonchev–Trinajstić information content (AvgIpc) is 2.45. The number of benzene rings is 1. The highest BCUT2D eigenvalue weighted by molar-refractivity contribution is 5.91. The van der Waals surface area contributed by atoms with Gasteiger partial charge in [0.15, 0.2) is 11.5 Å². The minimum absolute atomic E-state index is 0.127. The smallest absolute Gasteiger partial charge is 0.321 e. The third-order valence-electron chi connectivity index (χ3n) is 3.06. The second-order valence-electron chi connectivity index (χ2n) is 5.01. The number of urea groups is 1. The Morgan fingerprint density at radius 1 is 1.25 bits per heavy atom. The third-order valence-corrected chi connectivity index (χ3v) is 3.06. The molecule has 0 aliphatic heterocycles. The largest absolute Gasteiger partial charge is 0.493 e. The molecule has 20 heavy (non-hydrogen) atoms. The Balaban J connectivity index is 2.71. The normalized spacial score (nSPS) is 10.3. The Morgan fingerprint density at radius 3 is 2.45 bits per heavy atom. The monoisotopic (exact) mass is 280 g/mol. The Bertz CT molecular complexity index is 447. The van der Waals surface area contributed by atoms with Crippen molar-refractivity contribution in [3.63, 3.8) is 0 Å². The fraction of sp³-hybridized carbons (Fsp3) is 0.533. The molecule has 0 radical (unpaired) electrons. The van der Waals surface area contributed by atoms with Crippen LogP contribution in [0.15, 0.2) is 18.2 Å². The summed E-state index contributed by atoms with van der Waals surface area (Å²) >= 11 is 0. The number of methoxy groups -OCH3 is 2. The minimum atomic E-state index is -0.127. The molecule has 0 heterocycles. The van der Waals surface area contributed by atoms with Gasteiger partial charge in [0.25, 0.3) is 0 Å². The maximum Gasteiger partial charge on any atom is 0.321 e. The molecule has 0 saturated carbocycles. The van der Waals surface area contributed by atoms with Crippen LogP contribution in [-0.4, -0.2) is 33.8 Å². The van der Waals surface area contributed by atoms with Gasteiger partial charge in [0, 0.05) is 25.3 Å². The van der Waals surface area contributed by atoms with Crippen molar-refractivity contribution >= 4 is 11.7 Å². The average molecular weight is 280 g/mol. The zero-order valence-corrected chi connectivity index (χ0v) is 12.9. The molecule has 5 heteroatoms. The molecule has 0 aliphatic carbocycles. The van der Waals surface area contributed by atoms with Crippen LogP contribution in [0.25, 0.3) is 0 Å². The number of carbonyl (C=O) groups is 1. The number of nitrogens with one attached hydrogen (secondary N) is 1. The lowest BCUT2D eigenvalue weighted by atomic mass is 10.1. The van der Waals surface area contributed by atoms with E-state index in [0.29, 0.717) is 24.0 Å². The number of hydrogen-bond donors (Lipinski definition) is 1. The molecule has 0 aliphatic rings. The second kappa shape index (κ2) is 7.62. The first-order valence-corrected chi connectivity index (χ1v) is 6.73. The molecule has 1 aromatic rings. The lowest BCUT2D eigenvalue weighted by Gasteiger charge is -2.20. The van der Waals surface area contributed by atoms with Crippen LogP contribution in [0.5, 0.6) is 11.5 Å². The summed E-state index contributed by atoms with van der Waals surface area (Å²) in [4.78, 5) is 13.6. The van der Waals surface area contributed by atoms with Crippen molar-refractivity contribution in [1.29, 1.82) is 0 Å². The molecule has 0 bridgehead atoms. The number of ether oxygens (including phenoxy) is 2. The van der Waals surface area contributed by atoms with E-state index in [4.69, 9.17) is 9.47 Å². The van der Waals surface area contributed by atoms with Gasteiger partial charge in [0.1, 0.15) is 0 Å². The Hall–Kier alpha value is -1.91. The number of rotatable bonds is 6. The zero-order chi connectivity index (χ0) is 15.1. The van der Waals surface area contributed by atoms with Crippen LogP contribution in [0.4, 0.5) is 10.5 Å². The molecular weight excluding hydrogens is 256 g/mol. The van der Waals surface area contributed by atoms with Gasteiger partial charge in [-0.2, -0.15) is 0 Å². The summed E-state index contributed by atoms with van der Waals surface area (Å²) in [5, 5.41) is 2.89. The summed E-state index contributed by atoms with van der Waals surface area (Å²) < 4.78 is 10.4. The summed E-state index contributed by atoms with van der Waals surface area (Å²) in [6.07, 6.45) is 0.964. The highest BCUT2D eigenvalue weighted by Gasteiger charge is 2.13. The molecule has 1 N–H and O–H groups in total. The zero-order valence-electron chi connectivity index (χ0n) is 12.9. The fourth-order valence-electron chi connectivity index (χ4n) is 1.74. The van der Waals surface area contributed by atoms with Crippen LogP contribution >= 0.6 is 0 Å². The molecule has 5 nitrogen and oxygen atoms in total. The predicted octanol–water partition coefficient (Wildman–Crippen LogP) is 2.90. The van der Waals surface area contributed by atoms with Gasteiger partial charge in [0.2, 0.25) is 0 Å². The maximum atomic E-state index is 12.0. The maximum absolute atomic E-state index is 12.0. The van der Waals surface area contributed by atoms with Gasteiger partial charge in [-0.3, -0.25) is 4.90 Å². The second-order valence-corrected chi connectivity index (χ2v) is 5.01. The van der Waals surface area contributed by atoms with Gasteiger partial charge in [-0.25, -0.2) is 4.79 Å². The molecule has 1 rings (SSSR count). The van der Waals surface area contributed by atoms with Crippen LogP contribution in [-0.2, 0) is 0 Å². The van der Waals surface area contributed by atoms with Gasteiger partial charge < -0.3 is 14.8 Å². The molecule has 1 aromatic carbocycles. The van der Waals surface area contributed by atoms with Crippen molar-refractivity contribution < 1.29 is 14.3 Å². The van der Waals surface area contributed by atoms with Crippen molar-refractivity contribution in [3.05, 3.63) is 18.2 Å². The highest BCUT2D eigenvalue weighted by Crippen LogP contribution is 2.31. The molecule has 2 amide bonds. The third kappa shape index (κ3) is 4.33. The van der Waals surface area contributed by atoms with E-state index in [-0.39, 0.29) is 6.03 Å². The number of amides is 2. The lowest BCUT2D eigenvalue weighted by molar-refractivity contribution is 0.247. The fourth-order valence-corrected chi connectivity index (χ4v) is 1.74. The van der Waals surface area contributed by atoms with Crippen molar-refractivity contribution in [2.24, 2.45) is 5.92 Å². The van der Waals surface area contributed by atoms with Gasteiger partial charge in [0.05, 0.1) is 14.2 Å². The van der Waals surface area contributed by atoms with E-state index in [9.17, 15) is 4.79 Å². The Labute approximate surface area is 120 Å². The van der Waals surface area contributed by atoms with Crippen molar-refractivity contribution in [2.45, 2.75) is 20.3 Å². The molecular formula is C15H24N2O3. The minimum Gasteiger partial charge on any atom is -0.493 e. The van der Waals surface area contributed by atoms with Crippen LogP contribution < -0.4 is 19.7 Å². The topological polar surface area (TPSA) is 50.8 Å². The van der Waals surface area contributed by atoms with E-state index >= 15 is 0 Å². The van der Waals surface area contributed by atoms with Crippen LogP contribution in [0.3, 0.4) is 0 Å². The quantitative estimate of drug-likeness (QED) is 0.871. The highest BCUT2D eigenvalue weighted by atomic mass is 16.5. The van der Waals surface area contributed by atoms with E-state index in [2.05, 4.69) is 19.2 Å². The first-order valence-electron chi connectivity index (χ1n) is 6.73. The van der Waals surface area contributed by atoms with E-state index in [1.807, 2.05) is 6.07 Å². The summed E-state index contributed by atoms with van der Waals surface area (Å²) in [5.41, 5.74) is 0.754. The van der Waals surface area contributed by atoms with Crippen LogP contribution in [0.1, 0.15) is 20.3 Å². The first-order chi connectivity index (χ1) is 9.49. The van der Waals surface area contributed by atoms with Crippen LogP contribution in [0, 0.1) is 5.92 Å². The Morgan fingerprint density at radius 2 is 1.90 bits per heavy atom. The number of carbonyl (C=O) groups excluding carboxylic acids is 1. The summed E-state index contributed by atoms with van der Waals surface area (Å²) in [5.74, 6) is 1.82. The van der Waals surface area contributed by atoms with Gasteiger partial charge in [-0.1, -0.05) is 13.8 Å².